The van der Waals surface area contributed by atoms with Gasteiger partial charge in [0, 0.05) is 47.3 Å². The van der Waals surface area contributed by atoms with Gasteiger partial charge < -0.3 is 14.8 Å². The molecule has 2 bridgehead atoms. The van der Waals surface area contributed by atoms with Crippen molar-refractivity contribution in [1.29, 1.82) is 0 Å². The van der Waals surface area contributed by atoms with E-state index in [9.17, 15) is 4.79 Å². The first-order chi connectivity index (χ1) is 12.4. The van der Waals surface area contributed by atoms with Crippen molar-refractivity contribution in [3.8, 4) is 5.69 Å². The van der Waals surface area contributed by atoms with Gasteiger partial charge in [0.1, 0.15) is 0 Å². The Kier molecular flexibility index (Phi) is 5.90. The number of nitrogens with one attached hydrogen (secondary N) is 1. The van der Waals surface area contributed by atoms with Crippen molar-refractivity contribution >= 4 is 29.9 Å². The highest BCUT2D eigenvalue weighted by Crippen LogP contribution is 2.31. The lowest BCUT2D eigenvalue weighted by molar-refractivity contribution is 0.0681. The van der Waals surface area contributed by atoms with Crippen LogP contribution in [0.25, 0.3) is 5.69 Å². The van der Waals surface area contributed by atoms with E-state index in [-0.39, 0.29) is 18.3 Å². The highest BCUT2D eigenvalue weighted by atomic mass is 35.5. The van der Waals surface area contributed by atoms with Gasteiger partial charge in [-0.3, -0.25) is 4.79 Å². The summed E-state index contributed by atoms with van der Waals surface area (Å²) in [5, 5.41) is 4.37. The molecule has 2 aliphatic heterocycles. The van der Waals surface area contributed by atoms with Crippen LogP contribution < -0.4 is 5.32 Å². The monoisotopic (exact) mass is 407 g/mol. The number of hydrogen-bond donors (Lipinski definition) is 1. The Morgan fingerprint density at radius 1 is 1.15 bits per heavy atom. The molecule has 0 saturated carbocycles. The summed E-state index contributed by atoms with van der Waals surface area (Å²) in [5.74, 6) is 0.129. The maximum atomic E-state index is 13.2. The zero-order valence-corrected chi connectivity index (χ0v) is 17.6. The fourth-order valence-corrected chi connectivity index (χ4v) is 4.79. The molecule has 2 unspecified atom stereocenters. The number of aryl methyl sites for hydroxylation is 1. The molecule has 1 aromatic carbocycles. The summed E-state index contributed by atoms with van der Waals surface area (Å²) >= 11 is 6.02. The normalized spacial score (nSPS) is 23.8. The number of amides is 1. The molecule has 2 atom stereocenters. The van der Waals surface area contributed by atoms with Crippen LogP contribution in [0.15, 0.2) is 30.3 Å². The highest BCUT2D eigenvalue weighted by Gasteiger charge is 2.37. The second-order valence-electron chi connectivity index (χ2n) is 7.78. The van der Waals surface area contributed by atoms with E-state index in [1.165, 1.54) is 12.8 Å². The van der Waals surface area contributed by atoms with Crippen LogP contribution in [0.3, 0.4) is 0 Å². The van der Waals surface area contributed by atoms with Gasteiger partial charge in [0.15, 0.2) is 0 Å². The van der Waals surface area contributed by atoms with Crippen molar-refractivity contribution in [3.63, 3.8) is 0 Å². The molecule has 2 aromatic rings. The molecule has 3 heterocycles. The van der Waals surface area contributed by atoms with Crippen LogP contribution in [-0.4, -0.2) is 40.5 Å². The quantitative estimate of drug-likeness (QED) is 0.811. The molecule has 2 aliphatic rings. The average Bonchev–Trinajstić information content (AvgIpc) is 3.12. The lowest BCUT2D eigenvalue weighted by Gasteiger charge is -2.35. The zero-order chi connectivity index (χ0) is 18.4. The maximum Gasteiger partial charge on any atom is 0.255 e. The molecule has 2 saturated heterocycles. The molecular formula is C21H27Cl2N3O. The zero-order valence-electron chi connectivity index (χ0n) is 16.0. The summed E-state index contributed by atoms with van der Waals surface area (Å²) in [6, 6.07) is 11.3. The highest BCUT2D eigenvalue weighted by molar-refractivity contribution is 6.30. The van der Waals surface area contributed by atoms with E-state index in [1.54, 1.807) is 0 Å². The van der Waals surface area contributed by atoms with E-state index in [4.69, 9.17) is 11.6 Å². The lowest BCUT2D eigenvalue weighted by Crippen LogP contribution is -2.48. The number of carbonyl (C=O) groups is 1. The molecule has 146 valence electrons. The molecule has 2 fully saturated rings. The first-order valence-corrected chi connectivity index (χ1v) is 9.80. The van der Waals surface area contributed by atoms with Gasteiger partial charge in [0.25, 0.3) is 5.91 Å². The largest absolute Gasteiger partial charge is 0.339 e. The van der Waals surface area contributed by atoms with Crippen molar-refractivity contribution in [2.75, 3.05) is 7.05 Å². The summed E-state index contributed by atoms with van der Waals surface area (Å²) in [6.45, 7) is 4.07. The second-order valence-corrected chi connectivity index (χ2v) is 8.21. The van der Waals surface area contributed by atoms with Gasteiger partial charge in [0.05, 0.1) is 5.56 Å². The molecule has 1 N–H and O–H groups in total. The molecule has 27 heavy (non-hydrogen) atoms. The molecule has 4 nitrogen and oxygen atoms in total. The Labute approximate surface area is 172 Å². The van der Waals surface area contributed by atoms with Gasteiger partial charge in [-0.25, -0.2) is 0 Å². The smallest absolute Gasteiger partial charge is 0.255 e. The maximum absolute atomic E-state index is 13.2. The Morgan fingerprint density at radius 2 is 1.74 bits per heavy atom. The average molecular weight is 408 g/mol. The van der Waals surface area contributed by atoms with E-state index >= 15 is 0 Å². The molecule has 4 rings (SSSR count). The number of rotatable bonds is 3. The number of hydrogen-bond acceptors (Lipinski definition) is 2. The Morgan fingerprint density at radius 3 is 2.33 bits per heavy atom. The van der Waals surface area contributed by atoms with Gasteiger partial charge in [-0.05, 0) is 69.9 Å². The van der Waals surface area contributed by atoms with Gasteiger partial charge in [-0.15, -0.1) is 12.4 Å². The predicted octanol–water partition coefficient (Wildman–Crippen LogP) is 4.52. The lowest BCUT2D eigenvalue weighted by atomic mass is 9.98. The topological polar surface area (TPSA) is 37.3 Å². The van der Waals surface area contributed by atoms with Crippen molar-refractivity contribution in [2.45, 2.75) is 57.7 Å². The van der Waals surface area contributed by atoms with E-state index in [1.807, 2.05) is 56.1 Å². The van der Waals surface area contributed by atoms with E-state index in [0.29, 0.717) is 23.1 Å². The van der Waals surface area contributed by atoms with Crippen LogP contribution in [-0.2, 0) is 0 Å². The van der Waals surface area contributed by atoms with Gasteiger partial charge in [-0.2, -0.15) is 0 Å². The second kappa shape index (κ2) is 7.86. The summed E-state index contributed by atoms with van der Waals surface area (Å²) in [5.41, 5.74) is 3.88. The fraction of sp³-hybridized carbons (Fsp3) is 0.476. The minimum absolute atomic E-state index is 0. The standard InChI is InChI=1S/C21H26ClN3O.ClH/c1-13-10-20(14(2)25(13)18-8-4-15(22)5-9-18)21(26)24(3)19-11-16-6-7-17(12-19)23-16;/h4-5,8-10,16-17,19,23H,6-7,11-12H2,1-3H3;1H. The fourth-order valence-electron chi connectivity index (χ4n) is 4.67. The van der Waals surface area contributed by atoms with E-state index in [2.05, 4.69) is 9.88 Å². The molecule has 0 radical (unpaired) electrons. The molecule has 1 aromatic heterocycles. The predicted molar refractivity (Wildman–Crippen MR) is 113 cm³/mol. The van der Waals surface area contributed by atoms with Gasteiger partial charge in [-0.1, -0.05) is 11.6 Å². The Bertz CT molecular complexity index is 819. The van der Waals surface area contributed by atoms with Crippen LogP contribution in [0.4, 0.5) is 0 Å². The minimum Gasteiger partial charge on any atom is -0.339 e. The van der Waals surface area contributed by atoms with Crippen molar-refractivity contribution < 1.29 is 4.79 Å². The number of aromatic nitrogens is 1. The van der Waals surface area contributed by atoms with Gasteiger partial charge in [0.2, 0.25) is 0 Å². The number of nitrogens with zero attached hydrogens (tertiary/aromatic N) is 2. The SMILES string of the molecule is Cc1cc(C(=O)N(C)C2CC3CCC(C2)N3)c(C)n1-c1ccc(Cl)cc1.Cl. The first kappa shape index (κ1) is 20.2. The number of fused-ring (bicyclic) bond motifs is 2. The van der Waals surface area contributed by atoms with Gasteiger partial charge >= 0.3 is 0 Å². The molecular weight excluding hydrogens is 381 g/mol. The third-order valence-corrected chi connectivity index (χ3v) is 6.31. The van der Waals surface area contributed by atoms with Crippen molar-refractivity contribution in [3.05, 3.63) is 52.3 Å². The van der Waals surface area contributed by atoms with Crippen LogP contribution in [0.5, 0.6) is 0 Å². The summed E-state index contributed by atoms with van der Waals surface area (Å²) in [7, 11) is 1.96. The molecule has 0 spiro atoms. The summed E-state index contributed by atoms with van der Waals surface area (Å²) < 4.78 is 2.13. The van der Waals surface area contributed by atoms with E-state index < -0.39 is 0 Å². The molecule has 0 aliphatic carbocycles. The number of carbonyl (C=O) groups excluding carboxylic acids is 1. The van der Waals surface area contributed by atoms with Crippen molar-refractivity contribution in [1.82, 2.24) is 14.8 Å². The van der Waals surface area contributed by atoms with Crippen LogP contribution in [0, 0.1) is 13.8 Å². The number of benzene rings is 1. The summed E-state index contributed by atoms with van der Waals surface area (Å²) in [4.78, 5) is 15.2. The summed E-state index contributed by atoms with van der Waals surface area (Å²) in [6.07, 6.45) is 4.62. The third-order valence-electron chi connectivity index (χ3n) is 6.06. The van der Waals surface area contributed by atoms with Crippen molar-refractivity contribution in [2.24, 2.45) is 0 Å². The molecule has 1 amide bonds. The third kappa shape index (κ3) is 3.75. The Hall–Kier alpha value is -1.49. The van der Waals surface area contributed by atoms with Crippen LogP contribution >= 0.6 is 24.0 Å². The minimum atomic E-state index is 0. The number of piperidine rings is 1. The Balaban J connectivity index is 0.00000210. The molecule has 6 heteroatoms. The van der Waals surface area contributed by atoms with Crippen LogP contribution in [0.2, 0.25) is 5.02 Å². The van der Waals surface area contributed by atoms with E-state index in [0.717, 1.165) is 35.5 Å². The van der Waals surface area contributed by atoms with Crippen LogP contribution in [0.1, 0.15) is 47.4 Å². The number of halogens is 2. The first-order valence-electron chi connectivity index (χ1n) is 9.42.